The van der Waals surface area contributed by atoms with E-state index in [2.05, 4.69) is 4.98 Å². The van der Waals surface area contributed by atoms with Crippen LogP contribution in [0.4, 0.5) is 4.39 Å². The smallest absolute Gasteiger partial charge is 0.222 e. The van der Waals surface area contributed by atoms with Crippen molar-refractivity contribution in [2.24, 2.45) is 0 Å². The lowest BCUT2D eigenvalue weighted by atomic mass is 10.2. The van der Waals surface area contributed by atoms with Gasteiger partial charge in [0.25, 0.3) is 0 Å². The largest absolute Gasteiger partial charge is 0.383 e. The summed E-state index contributed by atoms with van der Waals surface area (Å²) in [5.41, 5.74) is 0.856. The quantitative estimate of drug-likeness (QED) is 0.751. The lowest BCUT2D eigenvalue weighted by molar-refractivity contribution is -0.132. The number of ether oxygens (including phenoxy) is 1. The summed E-state index contributed by atoms with van der Waals surface area (Å²) in [7, 11) is 1.61. The molecule has 1 aromatic carbocycles. The fraction of sp³-hybridized carbons (Fsp3) is 0.412. The average Bonchev–Trinajstić information content (AvgIpc) is 2.97. The number of rotatable bonds is 8. The van der Waals surface area contributed by atoms with E-state index in [1.807, 2.05) is 23.8 Å². The van der Waals surface area contributed by atoms with Crippen molar-refractivity contribution in [2.45, 2.75) is 26.4 Å². The van der Waals surface area contributed by atoms with Crippen LogP contribution in [0.5, 0.6) is 0 Å². The molecule has 0 unspecified atom stereocenters. The van der Waals surface area contributed by atoms with E-state index in [0.29, 0.717) is 32.7 Å². The van der Waals surface area contributed by atoms with Crippen molar-refractivity contribution in [2.75, 3.05) is 20.3 Å². The summed E-state index contributed by atoms with van der Waals surface area (Å²) in [5, 5.41) is 0. The van der Waals surface area contributed by atoms with E-state index in [4.69, 9.17) is 4.74 Å². The number of carbonyl (C=O) groups is 1. The van der Waals surface area contributed by atoms with Crippen LogP contribution in [0.15, 0.2) is 36.7 Å². The van der Waals surface area contributed by atoms with Gasteiger partial charge in [0.1, 0.15) is 11.6 Å². The molecule has 0 bridgehead atoms. The molecule has 1 aromatic heterocycles. The molecule has 0 aliphatic rings. The fourth-order valence-corrected chi connectivity index (χ4v) is 2.36. The molecule has 2 aromatic rings. The van der Waals surface area contributed by atoms with Crippen LogP contribution in [0.2, 0.25) is 0 Å². The normalized spacial score (nSPS) is 10.7. The first-order valence-electron chi connectivity index (χ1n) is 7.65. The lowest BCUT2D eigenvalue weighted by Crippen LogP contribution is -2.34. The molecule has 0 aliphatic carbocycles. The van der Waals surface area contributed by atoms with Crippen LogP contribution in [0.1, 0.15) is 24.7 Å². The third-order valence-corrected chi connectivity index (χ3v) is 3.60. The lowest BCUT2D eigenvalue weighted by Gasteiger charge is -2.22. The first-order chi connectivity index (χ1) is 11.1. The number of nitrogens with zero attached hydrogens (tertiary/aromatic N) is 3. The zero-order valence-corrected chi connectivity index (χ0v) is 13.5. The maximum Gasteiger partial charge on any atom is 0.222 e. The van der Waals surface area contributed by atoms with E-state index >= 15 is 0 Å². The fourth-order valence-electron chi connectivity index (χ4n) is 2.36. The van der Waals surface area contributed by atoms with Gasteiger partial charge in [0.15, 0.2) is 0 Å². The molecule has 2 rings (SSSR count). The van der Waals surface area contributed by atoms with Gasteiger partial charge in [0.2, 0.25) is 5.91 Å². The predicted molar refractivity (Wildman–Crippen MR) is 85.3 cm³/mol. The van der Waals surface area contributed by atoms with Crippen molar-refractivity contribution < 1.29 is 13.9 Å². The Hall–Kier alpha value is -2.21. The molecular weight excluding hydrogens is 297 g/mol. The Morgan fingerprint density at radius 1 is 1.43 bits per heavy atom. The van der Waals surface area contributed by atoms with Crippen LogP contribution in [0, 0.1) is 5.82 Å². The van der Waals surface area contributed by atoms with Crippen molar-refractivity contribution >= 4 is 5.91 Å². The van der Waals surface area contributed by atoms with Gasteiger partial charge in [-0.25, -0.2) is 9.37 Å². The summed E-state index contributed by atoms with van der Waals surface area (Å²) < 4.78 is 20.3. The minimum atomic E-state index is -0.257. The first kappa shape index (κ1) is 17.1. The second kappa shape index (κ2) is 8.43. The third kappa shape index (κ3) is 4.89. The molecular formula is C17H22FN3O2. The second-order valence-electron chi connectivity index (χ2n) is 5.26. The van der Waals surface area contributed by atoms with E-state index in [1.54, 1.807) is 24.3 Å². The van der Waals surface area contributed by atoms with Crippen molar-refractivity contribution in [1.29, 1.82) is 0 Å². The molecule has 23 heavy (non-hydrogen) atoms. The van der Waals surface area contributed by atoms with Crippen molar-refractivity contribution in [3.63, 3.8) is 0 Å². The van der Waals surface area contributed by atoms with Crippen LogP contribution in [0.3, 0.4) is 0 Å². The minimum absolute atomic E-state index is 0.0577. The van der Waals surface area contributed by atoms with Crippen LogP contribution in [-0.4, -0.2) is 40.6 Å². The summed E-state index contributed by atoms with van der Waals surface area (Å²) in [6, 6.07) is 6.48. The number of amides is 1. The highest BCUT2D eigenvalue weighted by atomic mass is 19.1. The van der Waals surface area contributed by atoms with Gasteiger partial charge in [0, 0.05) is 39.0 Å². The Morgan fingerprint density at radius 3 is 2.96 bits per heavy atom. The summed E-state index contributed by atoms with van der Waals surface area (Å²) >= 11 is 0. The van der Waals surface area contributed by atoms with Crippen LogP contribution in [-0.2, 0) is 22.6 Å². The maximum absolute atomic E-state index is 13.3. The molecule has 1 heterocycles. The highest BCUT2D eigenvalue weighted by Crippen LogP contribution is 2.10. The molecule has 1 amide bonds. The summed E-state index contributed by atoms with van der Waals surface area (Å²) in [5.74, 6) is 0.571. The minimum Gasteiger partial charge on any atom is -0.383 e. The number of hydrogen-bond donors (Lipinski definition) is 0. The zero-order valence-electron chi connectivity index (χ0n) is 13.5. The summed E-state index contributed by atoms with van der Waals surface area (Å²) in [6.45, 7) is 3.78. The Bertz CT molecular complexity index is 642. The molecule has 0 fully saturated rings. The van der Waals surface area contributed by atoms with Crippen molar-refractivity contribution in [3.05, 3.63) is 53.9 Å². The number of methoxy groups -OCH3 is 1. The maximum atomic E-state index is 13.3. The van der Waals surface area contributed by atoms with E-state index in [0.717, 1.165) is 11.4 Å². The molecule has 0 spiro atoms. The van der Waals surface area contributed by atoms with Crippen LogP contribution in [0.25, 0.3) is 0 Å². The second-order valence-corrected chi connectivity index (χ2v) is 5.26. The Balaban J connectivity index is 2.11. The molecule has 6 heteroatoms. The monoisotopic (exact) mass is 319 g/mol. The van der Waals surface area contributed by atoms with Gasteiger partial charge in [-0.3, -0.25) is 4.79 Å². The third-order valence-electron chi connectivity index (χ3n) is 3.60. The molecule has 0 aliphatic heterocycles. The SMILES string of the molecule is CCC(=O)N(CCOC)Cc1nccn1Cc1cccc(F)c1. The first-order valence-corrected chi connectivity index (χ1v) is 7.65. The molecule has 0 atom stereocenters. The molecule has 0 N–H and O–H groups in total. The predicted octanol–water partition coefficient (Wildman–Crippen LogP) is 2.46. The molecule has 124 valence electrons. The van der Waals surface area contributed by atoms with Gasteiger partial charge >= 0.3 is 0 Å². The molecule has 0 saturated carbocycles. The van der Waals surface area contributed by atoms with E-state index in [-0.39, 0.29) is 11.7 Å². The van der Waals surface area contributed by atoms with Gasteiger partial charge in [0.05, 0.1) is 13.2 Å². The van der Waals surface area contributed by atoms with E-state index in [9.17, 15) is 9.18 Å². The zero-order chi connectivity index (χ0) is 16.7. The van der Waals surface area contributed by atoms with Crippen LogP contribution < -0.4 is 0 Å². The van der Waals surface area contributed by atoms with Gasteiger partial charge < -0.3 is 14.2 Å². The topological polar surface area (TPSA) is 47.4 Å². The van der Waals surface area contributed by atoms with E-state index < -0.39 is 0 Å². The molecule has 0 radical (unpaired) electrons. The number of imidazole rings is 1. The Morgan fingerprint density at radius 2 is 2.26 bits per heavy atom. The van der Waals surface area contributed by atoms with Gasteiger partial charge in [-0.1, -0.05) is 19.1 Å². The number of halogens is 1. The molecule has 5 nitrogen and oxygen atoms in total. The number of aromatic nitrogens is 2. The Kier molecular flexibility index (Phi) is 6.29. The standard InChI is InChI=1S/C17H22FN3O2/c1-3-17(22)21(9-10-23-2)13-16-19-7-8-20(16)12-14-5-4-6-15(18)11-14/h4-8,11H,3,9-10,12-13H2,1-2H3. The van der Waals surface area contributed by atoms with Crippen molar-refractivity contribution in [1.82, 2.24) is 14.5 Å². The van der Waals surface area contributed by atoms with E-state index in [1.165, 1.54) is 12.1 Å². The van der Waals surface area contributed by atoms with Gasteiger partial charge in [-0.05, 0) is 17.7 Å². The summed E-state index contributed by atoms with van der Waals surface area (Å²) in [4.78, 5) is 18.1. The highest BCUT2D eigenvalue weighted by Gasteiger charge is 2.15. The Labute approximate surface area is 135 Å². The number of hydrogen-bond acceptors (Lipinski definition) is 3. The summed E-state index contributed by atoms with van der Waals surface area (Å²) in [6.07, 6.45) is 3.97. The highest BCUT2D eigenvalue weighted by molar-refractivity contribution is 5.75. The number of benzene rings is 1. The van der Waals surface area contributed by atoms with Gasteiger partial charge in [-0.15, -0.1) is 0 Å². The average molecular weight is 319 g/mol. The van der Waals surface area contributed by atoms with Crippen molar-refractivity contribution in [3.8, 4) is 0 Å². The molecule has 0 saturated heterocycles. The van der Waals surface area contributed by atoms with Gasteiger partial charge in [-0.2, -0.15) is 0 Å². The van der Waals surface area contributed by atoms with Crippen LogP contribution >= 0.6 is 0 Å². The number of carbonyl (C=O) groups excluding carboxylic acids is 1.